The fourth-order valence-electron chi connectivity index (χ4n) is 0.668. The summed E-state index contributed by atoms with van der Waals surface area (Å²) < 4.78 is 28.6. The number of rotatable bonds is 3. The molecule has 0 aliphatic rings. The van der Waals surface area contributed by atoms with Crippen LogP contribution in [0.5, 0.6) is 0 Å². The zero-order valence-corrected chi connectivity index (χ0v) is 8.42. The number of sulfonamides is 1. The van der Waals surface area contributed by atoms with Crippen molar-refractivity contribution in [2.75, 3.05) is 11.0 Å². The quantitative estimate of drug-likeness (QED) is 0.779. The van der Waals surface area contributed by atoms with Crippen molar-refractivity contribution < 1.29 is 12.8 Å². The largest absolute Gasteiger partial charge is 0.407 e. The molecule has 0 saturated carbocycles. The summed E-state index contributed by atoms with van der Waals surface area (Å²) >= 11 is 0. The van der Waals surface area contributed by atoms with Crippen molar-refractivity contribution in [1.82, 2.24) is 10.2 Å². The van der Waals surface area contributed by atoms with Gasteiger partial charge >= 0.3 is 6.01 Å². The van der Waals surface area contributed by atoms with Gasteiger partial charge in [-0.3, -0.25) is 0 Å². The molecule has 1 aromatic heterocycles. The second-order valence-electron chi connectivity index (χ2n) is 2.97. The number of aromatic nitrogens is 2. The topological polar surface area (TPSA) is 85.1 Å². The van der Waals surface area contributed by atoms with Gasteiger partial charge in [-0.05, 0) is 0 Å². The first-order chi connectivity index (χ1) is 5.88. The highest BCUT2D eigenvalue weighted by molar-refractivity contribution is 7.91. The fraction of sp³-hybridized carbons (Fsp3) is 0.667. The molecule has 1 N–H and O–H groups in total. The monoisotopic (exact) mass is 205 g/mol. The van der Waals surface area contributed by atoms with Gasteiger partial charge in [0.25, 0.3) is 0 Å². The summed E-state index contributed by atoms with van der Waals surface area (Å²) in [7, 11) is -3.34. The smallest absolute Gasteiger partial charge is 0.329 e. The third-order valence-electron chi connectivity index (χ3n) is 1.21. The second kappa shape index (κ2) is 3.33. The molecule has 1 rings (SSSR count). The van der Waals surface area contributed by atoms with E-state index in [1.165, 1.54) is 0 Å². The van der Waals surface area contributed by atoms with Crippen LogP contribution in [-0.2, 0) is 10.0 Å². The molecule has 13 heavy (non-hydrogen) atoms. The van der Waals surface area contributed by atoms with Gasteiger partial charge in [0.1, 0.15) is 0 Å². The predicted molar refractivity (Wildman–Crippen MR) is 46.9 cm³/mol. The summed E-state index contributed by atoms with van der Waals surface area (Å²) in [6, 6.07) is -0.0915. The van der Waals surface area contributed by atoms with Gasteiger partial charge < -0.3 is 4.42 Å². The van der Waals surface area contributed by atoms with Gasteiger partial charge in [0.05, 0.1) is 6.26 Å². The molecule has 0 unspecified atom stereocenters. The molecule has 0 radical (unpaired) electrons. The molecule has 74 valence electrons. The van der Waals surface area contributed by atoms with Crippen LogP contribution in [0.4, 0.5) is 6.01 Å². The summed E-state index contributed by atoms with van der Waals surface area (Å²) in [5.41, 5.74) is 0. The Morgan fingerprint density at radius 2 is 2.00 bits per heavy atom. The van der Waals surface area contributed by atoms with E-state index in [4.69, 9.17) is 4.42 Å². The van der Waals surface area contributed by atoms with Crippen molar-refractivity contribution in [3.63, 3.8) is 0 Å². The number of hydrogen-bond donors (Lipinski definition) is 1. The van der Waals surface area contributed by atoms with E-state index in [-0.39, 0.29) is 11.9 Å². The zero-order valence-electron chi connectivity index (χ0n) is 7.60. The van der Waals surface area contributed by atoms with E-state index in [0.29, 0.717) is 5.89 Å². The van der Waals surface area contributed by atoms with Gasteiger partial charge in [-0.25, -0.2) is 13.1 Å². The Kier molecular flexibility index (Phi) is 2.55. The molecule has 0 aliphatic heterocycles. The third-order valence-corrected chi connectivity index (χ3v) is 1.75. The Bertz CT molecular complexity index is 382. The molecule has 0 spiro atoms. The van der Waals surface area contributed by atoms with Crippen molar-refractivity contribution in [2.45, 2.75) is 19.8 Å². The van der Waals surface area contributed by atoms with E-state index in [9.17, 15) is 8.42 Å². The van der Waals surface area contributed by atoms with Crippen LogP contribution in [0.2, 0.25) is 0 Å². The fourth-order valence-corrected chi connectivity index (χ4v) is 1.07. The zero-order chi connectivity index (χ0) is 10.1. The molecule has 0 atom stereocenters. The molecule has 0 aromatic carbocycles. The maximum atomic E-state index is 10.7. The normalized spacial score (nSPS) is 12.0. The van der Waals surface area contributed by atoms with Crippen LogP contribution in [0.1, 0.15) is 25.7 Å². The third kappa shape index (κ3) is 3.02. The van der Waals surface area contributed by atoms with E-state index < -0.39 is 10.0 Å². The van der Waals surface area contributed by atoms with Gasteiger partial charge in [-0.15, -0.1) is 5.10 Å². The van der Waals surface area contributed by atoms with Crippen molar-refractivity contribution in [3.05, 3.63) is 5.89 Å². The number of nitrogens with zero attached hydrogens (tertiary/aromatic N) is 2. The SMILES string of the molecule is CC(C)c1nnc(NS(C)(=O)=O)o1. The minimum Gasteiger partial charge on any atom is -0.407 e. The second-order valence-corrected chi connectivity index (χ2v) is 4.72. The molecular formula is C6H11N3O3S. The predicted octanol–water partition coefficient (Wildman–Crippen LogP) is 0.565. The summed E-state index contributed by atoms with van der Waals surface area (Å²) in [6.07, 6.45) is 1.02. The van der Waals surface area contributed by atoms with Crippen LogP contribution in [0.3, 0.4) is 0 Å². The molecule has 0 bridgehead atoms. The summed E-state index contributed by atoms with van der Waals surface area (Å²) in [5, 5.41) is 7.17. The van der Waals surface area contributed by atoms with Crippen molar-refractivity contribution >= 4 is 16.0 Å². The van der Waals surface area contributed by atoms with Gasteiger partial charge in [0.15, 0.2) is 0 Å². The average molecular weight is 205 g/mol. The molecular weight excluding hydrogens is 194 g/mol. The highest BCUT2D eigenvalue weighted by Gasteiger charge is 2.11. The Morgan fingerprint density at radius 3 is 2.38 bits per heavy atom. The van der Waals surface area contributed by atoms with Crippen LogP contribution < -0.4 is 4.72 Å². The minimum atomic E-state index is -3.34. The highest BCUT2D eigenvalue weighted by atomic mass is 32.2. The Labute approximate surface area is 76.4 Å². The van der Waals surface area contributed by atoms with Crippen molar-refractivity contribution in [1.29, 1.82) is 0 Å². The van der Waals surface area contributed by atoms with Gasteiger partial charge in [0, 0.05) is 5.92 Å². The molecule has 7 heteroatoms. The molecule has 0 saturated heterocycles. The lowest BCUT2D eigenvalue weighted by molar-refractivity contribution is 0.483. The Hall–Kier alpha value is -1.11. The molecule has 0 amide bonds. The maximum Gasteiger partial charge on any atom is 0.329 e. The van der Waals surface area contributed by atoms with E-state index in [0.717, 1.165) is 6.26 Å². The van der Waals surface area contributed by atoms with Crippen molar-refractivity contribution in [3.8, 4) is 0 Å². The van der Waals surface area contributed by atoms with Gasteiger partial charge in [-0.2, -0.15) is 0 Å². The summed E-state index contributed by atoms with van der Waals surface area (Å²) in [5.74, 6) is 0.494. The summed E-state index contributed by atoms with van der Waals surface area (Å²) in [6.45, 7) is 3.75. The molecule has 0 fully saturated rings. The van der Waals surface area contributed by atoms with Crippen LogP contribution >= 0.6 is 0 Å². The standard InChI is InChI=1S/C6H11N3O3S/c1-4(2)5-7-8-6(12-5)9-13(3,10)11/h4H,1-3H3,(H,8,9). The van der Waals surface area contributed by atoms with Gasteiger partial charge in [0.2, 0.25) is 15.9 Å². The molecule has 1 aromatic rings. The minimum absolute atomic E-state index is 0.0858. The lowest BCUT2D eigenvalue weighted by Crippen LogP contribution is -2.09. The highest BCUT2D eigenvalue weighted by Crippen LogP contribution is 2.14. The first-order valence-electron chi connectivity index (χ1n) is 3.69. The van der Waals surface area contributed by atoms with Crippen LogP contribution in [-0.4, -0.2) is 24.9 Å². The van der Waals surface area contributed by atoms with Crippen LogP contribution in [0.25, 0.3) is 0 Å². The number of hydrogen-bond acceptors (Lipinski definition) is 5. The first kappa shape index (κ1) is 9.97. The Morgan fingerprint density at radius 1 is 1.38 bits per heavy atom. The molecule has 0 aliphatic carbocycles. The average Bonchev–Trinajstić information content (AvgIpc) is 2.31. The maximum absolute atomic E-state index is 10.7. The lowest BCUT2D eigenvalue weighted by atomic mass is 10.2. The van der Waals surface area contributed by atoms with Gasteiger partial charge in [-0.1, -0.05) is 18.9 Å². The van der Waals surface area contributed by atoms with E-state index in [2.05, 4.69) is 14.9 Å². The van der Waals surface area contributed by atoms with E-state index in [1.54, 1.807) is 0 Å². The molecule has 6 nitrogen and oxygen atoms in total. The number of nitrogens with one attached hydrogen (secondary N) is 1. The van der Waals surface area contributed by atoms with Crippen LogP contribution in [0, 0.1) is 0 Å². The van der Waals surface area contributed by atoms with E-state index >= 15 is 0 Å². The number of anilines is 1. The van der Waals surface area contributed by atoms with E-state index in [1.807, 2.05) is 13.8 Å². The first-order valence-corrected chi connectivity index (χ1v) is 5.59. The lowest BCUT2D eigenvalue weighted by Gasteiger charge is -1.96. The van der Waals surface area contributed by atoms with Crippen LogP contribution in [0.15, 0.2) is 4.42 Å². The molecule has 1 heterocycles. The summed E-state index contributed by atoms with van der Waals surface area (Å²) in [4.78, 5) is 0. The van der Waals surface area contributed by atoms with Crippen molar-refractivity contribution in [2.24, 2.45) is 0 Å². The Balaban J connectivity index is 2.81.